The summed E-state index contributed by atoms with van der Waals surface area (Å²) in [5.74, 6) is 0.834. The van der Waals surface area contributed by atoms with Crippen LogP contribution in [-0.4, -0.2) is 61.2 Å². The fourth-order valence-electron chi connectivity index (χ4n) is 3.91. The van der Waals surface area contributed by atoms with Crippen molar-refractivity contribution in [2.45, 2.75) is 38.9 Å². The second kappa shape index (κ2) is 8.79. The lowest BCUT2D eigenvalue weighted by molar-refractivity contribution is 0.0965. The average Bonchev–Trinajstić information content (AvgIpc) is 3.22. The molecule has 4 rings (SSSR count). The van der Waals surface area contributed by atoms with Gasteiger partial charge in [-0.2, -0.15) is 0 Å². The van der Waals surface area contributed by atoms with Gasteiger partial charge in [0.2, 0.25) is 0 Å². The van der Waals surface area contributed by atoms with Crippen LogP contribution >= 0.6 is 11.6 Å². The minimum atomic E-state index is -0.211. The van der Waals surface area contributed by atoms with Crippen molar-refractivity contribution < 1.29 is 0 Å². The summed E-state index contributed by atoms with van der Waals surface area (Å²) >= 11 is 6.36. The molecule has 30 heavy (non-hydrogen) atoms. The maximum Gasteiger partial charge on any atom is 0.175 e. The molecule has 1 saturated heterocycles. The van der Waals surface area contributed by atoms with Crippen molar-refractivity contribution in [2.75, 3.05) is 26.2 Å². The third-order valence-electron chi connectivity index (χ3n) is 5.47. The Morgan fingerprint density at radius 2 is 1.73 bits per heavy atom. The molecule has 0 saturated carbocycles. The summed E-state index contributed by atoms with van der Waals surface area (Å²) < 4.78 is 1.92. The maximum atomic E-state index is 6.36. The van der Waals surface area contributed by atoms with E-state index in [1.807, 2.05) is 41.2 Å². The SMILES string of the molecule is CC(C)(C)n1nnnc1[C@@H](c1ccccn1)N1CCN(Cc2ccccc2Cl)CC1. The van der Waals surface area contributed by atoms with E-state index in [0.29, 0.717) is 0 Å². The molecule has 0 spiro atoms. The number of hydrogen-bond donors (Lipinski definition) is 0. The van der Waals surface area contributed by atoms with Crippen molar-refractivity contribution in [3.05, 3.63) is 70.8 Å². The van der Waals surface area contributed by atoms with Gasteiger partial charge in [0.1, 0.15) is 6.04 Å². The summed E-state index contributed by atoms with van der Waals surface area (Å²) in [6, 6.07) is 14.0. The lowest BCUT2D eigenvalue weighted by Crippen LogP contribution is -2.48. The second-order valence-corrected chi connectivity index (χ2v) is 9.09. The number of pyridine rings is 1. The molecule has 7 nitrogen and oxygen atoms in total. The van der Waals surface area contributed by atoms with E-state index >= 15 is 0 Å². The van der Waals surface area contributed by atoms with Crippen LogP contribution in [0.3, 0.4) is 0 Å². The van der Waals surface area contributed by atoms with Crippen LogP contribution in [-0.2, 0) is 12.1 Å². The average molecular weight is 426 g/mol. The molecule has 158 valence electrons. The van der Waals surface area contributed by atoms with Gasteiger partial charge in [0.15, 0.2) is 5.82 Å². The molecule has 1 aromatic carbocycles. The zero-order chi connectivity index (χ0) is 21.1. The van der Waals surface area contributed by atoms with Crippen LogP contribution in [0.2, 0.25) is 5.02 Å². The standard InChI is InChI=1S/C22H28ClN7/c1-22(2,3)30-21(25-26-27-30)20(19-10-6-7-11-24-19)29-14-12-28(13-15-29)16-17-8-4-5-9-18(17)23/h4-11,20H,12-16H2,1-3H3/t20-/m1/s1. The molecule has 2 aromatic heterocycles. The van der Waals surface area contributed by atoms with Gasteiger partial charge < -0.3 is 0 Å². The van der Waals surface area contributed by atoms with Crippen molar-refractivity contribution in [2.24, 2.45) is 0 Å². The molecular weight excluding hydrogens is 398 g/mol. The molecule has 3 aromatic rings. The van der Waals surface area contributed by atoms with E-state index in [-0.39, 0.29) is 11.6 Å². The van der Waals surface area contributed by atoms with Crippen LogP contribution in [0.25, 0.3) is 0 Å². The van der Waals surface area contributed by atoms with E-state index in [1.165, 1.54) is 5.56 Å². The molecule has 0 unspecified atom stereocenters. The smallest absolute Gasteiger partial charge is 0.175 e. The van der Waals surface area contributed by atoms with Crippen LogP contribution in [0.1, 0.15) is 43.9 Å². The first-order chi connectivity index (χ1) is 14.4. The van der Waals surface area contributed by atoms with Crippen LogP contribution in [0, 0.1) is 0 Å². The van der Waals surface area contributed by atoms with Gasteiger partial charge in [-0.25, -0.2) is 4.68 Å². The lowest BCUT2D eigenvalue weighted by Gasteiger charge is -2.39. The topological polar surface area (TPSA) is 63.0 Å². The number of tetrazole rings is 1. The van der Waals surface area contributed by atoms with Gasteiger partial charge in [-0.3, -0.25) is 14.8 Å². The Kier molecular flexibility index (Phi) is 6.13. The number of rotatable bonds is 5. The molecule has 0 N–H and O–H groups in total. The zero-order valence-electron chi connectivity index (χ0n) is 17.7. The molecule has 1 fully saturated rings. The molecule has 0 radical (unpaired) electrons. The first-order valence-corrected chi connectivity index (χ1v) is 10.7. The van der Waals surface area contributed by atoms with Gasteiger partial charge in [-0.05, 0) is 55.0 Å². The normalized spacial score (nSPS) is 17.2. The summed E-state index contributed by atoms with van der Waals surface area (Å²) in [7, 11) is 0. The molecule has 8 heteroatoms. The molecule has 0 amide bonds. The first-order valence-electron chi connectivity index (χ1n) is 10.3. The van der Waals surface area contributed by atoms with Gasteiger partial charge in [0.05, 0.1) is 11.2 Å². The van der Waals surface area contributed by atoms with Gasteiger partial charge in [0, 0.05) is 43.9 Å². The summed E-state index contributed by atoms with van der Waals surface area (Å²) in [4.78, 5) is 9.52. The van der Waals surface area contributed by atoms with E-state index in [2.05, 4.69) is 63.2 Å². The number of halogens is 1. The molecule has 0 aliphatic carbocycles. The summed E-state index contributed by atoms with van der Waals surface area (Å²) in [6.07, 6.45) is 1.83. The van der Waals surface area contributed by atoms with Gasteiger partial charge in [0.25, 0.3) is 0 Å². The van der Waals surface area contributed by atoms with Crippen molar-refractivity contribution in [1.82, 2.24) is 35.0 Å². The predicted molar refractivity (Wildman–Crippen MR) is 117 cm³/mol. The van der Waals surface area contributed by atoms with Crippen molar-refractivity contribution in [3.63, 3.8) is 0 Å². The van der Waals surface area contributed by atoms with Crippen LogP contribution in [0.15, 0.2) is 48.7 Å². The number of benzene rings is 1. The van der Waals surface area contributed by atoms with E-state index in [9.17, 15) is 0 Å². The summed E-state index contributed by atoms with van der Waals surface area (Å²) in [5.41, 5.74) is 1.93. The van der Waals surface area contributed by atoms with E-state index in [1.54, 1.807) is 0 Å². The highest BCUT2D eigenvalue weighted by Crippen LogP contribution is 2.29. The Labute approximate surface area is 182 Å². The molecule has 1 aliphatic heterocycles. The van der Waals surface area contributed by atoms with E-state index < -0.39 is 0 Å². The fraction of sp³-hybridized carbons (Fsp3) is 0.455. The van der Waals surface area contributed by atoms with Gasteiger partial charge in [-0.15, -0.1) is 5.10 Å². The van der Waals surface area contributed by atoms with Crippen molar-refractivity contribution in [3.8, 4) is 0 Å². The number of nitrogens with zero attached hydrogens (tertiary/aromatic N) is 7. The fourth-order valence-corrected chi connectivity index (χ4v) is 4.11. The van der Waals surface area contributed by atoms with Crippen LogP contribution in [0.4, 0.5) is 0 Å². The molecule has 3 heterocycles. The largest absolute Gasteiger partial charge is 0.296 e. The molecule has 1 aliphatic rings. The minimum Gasteiger partial charge on any atom is -0.296 e. The minimum absolute atomic E-state index is 0.0807. The maximum absolute atomic E-state index is 6.36. The summed E-state index contributed by atoms with van der Waals surface area (Å²) in [6.45, 7) is 10.9. The van der Waals surface area contributed by atoms with E-state index in [0.717, 1.165) is 49.3 Å². The third kappa shape index (κ3) is 4.53. The molecule has 1 atom stereocenters. The molecular formula is C22H28ClN7. The highest BCUT2D eigenvalue weighted by Gasteiger charge is 2.33. The van der Waals surface area contributed by atoms with Gasteiger partial charge in [-0.1, -0.05) is 35.9 Å². The monoisotopic (exact) mass is 425 g/mol. The Balaban J connectivity index is 1.55. The number of hydrogen-bond acceptors (Lipinski definition) is 6. The Morgan fingerprint density at radius 3 is 2.40 bits per heavy atom. The van der Waals surface area contributed by atoms with Gasteiger partial charge >= 0.3 is 0 Å². The quantitative estimate of drug-likeness (QED) is 0.624. The van der Waals surface area contributed by atoms with Crippen molar-refractivity contribution in [1.29, 1.82) is 0 Å². The Bertz CT molecular complexity index is 959. The highest BCUT2D eigenvalue weighted by atomic mass is 35.5. The Morgan fingerprint density at radius 1 is 1.00 bits per heavy atom. The summed E-state index contributed by atoms with van der Waals surface area (Å²) in [5, 5.41) is 13.5. The number of piperazine rings is 1. The number of aromatic nitrogens is 5. The zero-order valence-corrected chi connectivity index (χ0v) is 18.5. The second-order valence-electron chi connectivity index (χ2n) is 8.68. The van der Waals surface area contributed by atoms with E-state index in [4.69, 9.17) is 11.6 Å². The van der Waals surface area contributed by atoms with Crippen molar-refractivity contribution >= 4 is 11.6 Å². The Hall–Kier alpha value is -2.35. The highest BCUT2D eigenvalue weighted by molar-refractivity contribution is 6.31. The molecule has 0 bridgehead atoms. The first kappa shape index (κ1) is 20.9. The third-order valence-corrected chi connectivity index (χ3v) is 5.83. The predicted octanol–water partition coefficient (Wildman–Crippen LogP) is 3.38. The lowest BCUT2D eigenvalue weighted by atomic mass is 10.1. The van der Waals surface area contributed by atoms with Crippen LogP contribution < -0.4 is 0 Å². The van der Waals surface area contributed by atoms with Crippen LogP contribution in [0.5, 0.6) is 0 Å².